The number of nitrogens with zero attached hydrogens (tertiary/aromatic N) is 1. The molecule has 0 atom stereocenters. The van der Waals surface area contributed by atoms with Gasteiger partial charge in [-0.2, -0.15) is 3.71 Å². The first kappa shape index (κ1) is 21.1. The molecule has 7 heteroatoms. The van der Waals surface area contributed by atoms with Crippen molar-refractivity contribution >= 4 is 36.5 Å². The maximum Gasteiger partial charge on any atom is 0.277 e. The lowest BCUT2D eigenvalue weighted by molar-refractivity contribution is 0.584. The molecule has 0 radical (unpaired) electrons. The van der Waals surface area contributed by atoms with Gasteiger partial charge in [-0.3, -0.25) is 0 Å². The third-order valence-electron chi connectivity index (χ3n) is 5.04. The molecule has 4 aromatic rings. The van der Waals surface area contributed by atoms with Crippen LogP contribution in [-0.2, 0) is 20.0 Å². The number of sulfonamides is 2. The van der Waals surface area contributed by atoms with Crippen LogP contribution in [0.4, 0.5) is 5.69 Å². The van der Waals surface area contributed by atoms with E-state index in [0.717, 1.165) is 16.5 Å². The van der Waals surface area contributed by atoms with Gasteiger partial charge in [-0.05, 0) is 49.6 Å². The van der Waals surface area contributed by atoms with Crippen molar-refractivity contribution in [3.05, 3.63) is 102 Å². The second-order valence-electron chi connectivity index (χ2n) is 7.33. The normalized spacial score (nSPS) is 12.1. The summed E-state index contributed by atoms with van der Waals surface area (Å²) < 4.78 is 55.4. The third-order valence-corrected chi connectivity index (χ3v) is 9.22. The number of benzene rings is 4. The highest BCUT2D eigenvalue weighted by atomic mass is 32.3. The molecule has 0 aliphatic rings. The molecule has 0 fully saturated rings. The number of hydrogen-bond donors (Lipinski definition) is 0. The van der Waals surface area contributed by atoms with E-state index in [2.05, 4.69) is 0 Å². The van der Waals surface area contributed by atoms with Gasteiger partial charge in [0, 0.05) is 5.39 Å². The van der Waals surface area contributed by atoms with Crippen molar-refractivity contribution in [1.82, 2.24) is 0 Å². The number of anilines is 1. The molecule has 0 N–H and O–H groups in total. The fraction of sp³-hybridized carbons (Fsp3) is 0.0833. The zero-order chi connectivity index (χ0) is 22.2. The SMILES string of the molecule is Cc1ccc(S(=O)(=O)N(c2cccc3ccccc23)S(=O)(=O)c2ccc(C)cc2)cc1. The van der Waals surface area contributed by atoms with Crippen LogP contribution in [0.5, 0.6) is 0 Å². The summed E-state index contributed by atoms with van der Waals surface area (Å²) in [6.45, 7) is 3.67. The van der Waals surface area contributed by atoms with E-state index in [1.165, 1.54) is 30.3 Å². The molecule has 0 heterocycles. The number of fused-ring (bicyclic) bond motifs is 1. The van der Waals surface area contributed by atoms with E-state index in [9.17, 15) is 16.8 Å². The van der Waals surface area contributed by atoms with Crippen LogP contribution in [0, 0.1) is 13.8 Å². The quantitative estimate of drug-likeness (QED) is 0.426. The number of aryl methyl sites for hydroxylation is 2. The minimum absolute atomic E-state index is 0.0826. The Balaban J connectivity index is 2.04. The zero-order valence-corrected chi connectivity index (χ0v) is 18.7. The average Bonchev–Trinajstić information content (AvgIpc) is 2.74. The smallest absolute Gasteiger partial charge is 0.200 e. The van der Waals surface area contributed by atoms with E-state index in [0.29, 0.717) is 9.10 Å². The molecular formula is C24H21NO4S2. The standard InChI is InChI=1S/C24H21NO4S2/c1-18-10-14-21(15-11-18)30(26,27)25(31(28,29)22-16-12-19(2)13-17-22)24-9-5-7-20-6-3-4-8-23(20)24/h3-17H,1-2H3. The molecule has 0 aliphatic heterocycles. The molecule has 4 rings (SSSR count). The van der Waals surface area contributed by atoms with Crippen molar-refractivity contribution < 1.29 is 16.8 Å². The van der Waals surface area contributed by atoms with Gasteiger partial charge in [0.15, 0.2) is 0 Å². The van der Waals surface area contributed by atoms with E-state index in [-0.39, 0.29) is 15.5 Å². The minimum atomic E-state index is -4.43. The molecule has 158 valence electrons. The second kappa shape index (κ2) is 7.83. The van der Waals surface area contributed by atoms with Crippen molar-refractivity contribution in [2.75, 3.05) is 3.71 Å². The molecule has 0 aliphatic carbocycles. The Morgan fingerprint density at radius 3 is 1.52 bits per heavy atom. The van der Waals surface area contributed by atoms with Gasteiger partial charge in [0.05, 0.1) is 15.5 Å². The largest absolute Gasteiger partial charge is 0.277 e. The fourth-order valence-corrected chi connectivity index (χ4v) is 7.10. The van der Waals surface area contributed by atoms with Gasteiger partial charge in [-0.1, -0.05) is 71.8 Å². The molecule has 0 spiro atoms. The van der Waals surface area contributed by atoms with E-state index < -0.39 is 20.0 Å². The lowest BCUT2D eigenvalue weighted by Crippen LogP contribution is -2.37. The number of rotatable bonds is 5. The zero-order valence-electron chi connectivity index (χ0n) is 17.1. The van der Waals surface area contributed by atoms with Gasteiger partial charge in [0.2, 0.25) is 0 Å². The Bertz CT molecular complexity index is 1380. The van der Waals surface area contributed by atoms with Crippen LogP contribution in [0.25, 0.3) is 10.8 Å². The second-order valence-corrected chi connectivity index (χ2v) is 11.1. The summed E-state index contributed by atoms with van der Waals surface area (Å²) in [6.07, 6.45) is 0. The van der Waals surface area contributed by atoms with E-state index in [1.54, 1.807) is 42.5 Å². The molecule has 0 unspecified atom stereocenters. The Labute approximate surface area is 182 Å². The van der Waals surface area contributed by atoms with Crippen LogP contribution in [0.2, 0.25) is 0 Å². The van der Waals surface area contributed by atoms with Crippen LogP contribution < -0.4 is 3.71 Å². The van der Waals surface area contributed by atoms with Gasteiger partial charge in [-0.25, -0.2) is 16.8 Å². The molecule has 0 saturated carbocycles. The fourth-order valence-electron chi connectivity index (χ4n) is 3.37. The number of hydrogen-bond acceptors (Lipinski definition) is 4. The first-order valence-electron chi connectivity index (χ1n) is 9.63. The topological polar surface area (TPSA) is 71.5 Å². The first-order chi connectivity index (χ1) is 14.7. The predicted molar refractivity (Wildman–Crippen MR) is 123 cm³/mol. The van der Waals surface area contributed by atoms with Crippen molar-refractivity contribution in [3.8, 4) is 0 Å². The van der Waals surface area contributed by atoms with Crippen LogP contribution in [-0.4, -0.2) is 16.8 Å². The lowest BCUT2D eigenvalue weighted by atomic mass is 10.1. The van der Waals surface area contributed by atoms with Gasteiger partial charge >= 0.3 is 0 Å². The highest BCUT2D eigenvalue weighted by Crippen LogP contribution is 2.35. The van der Waals surface area contributed by atoms with Crippen molar-refractivity contribution in [1.29, 1.82) is 0 Å². The summed E-state index contributed by atoms with van der Waals surface area (Å²) in [4.78, 5) is -0.191. The average molecular weight is 452 g/mol. The van der Waals surface area contributed by atoms with Gasteiger partial charge in [0.1, 0.15) is 0 Å². The van der Waals surface area contributed by atoms with Gasteiger partial charge in [0.25, 0.3) is 20.0 Å². The summed E-state index contributed by atoms with van der Waals surface area (Å²) in [5.41, 5.74) is 1.83. The summed E-state index contributed by atoms with van der Waals surface area (Å²) in [5, 5.41) is 1.26. The van der Waals surface area contributed by atoms with Crippen LogP contribution in [0.3, 0.4) is 0 Å². The molecule has 0 amide bonds. The highest BCUT2D eigenvalue weighted by Gasteiger charge is 2.37. The Hall–Kier alpha value is -3.16. The molecule has 4 aromatic carbocycles. The van der Waals surface area contributed by atoms with E-state index >= 15 is 0 Å². The highest BCUT2D eigenvalue weighted by molar-refractivity contribution is 8.10. The third kappa shape index (κ3) is 3.82. The first-order valence-corrected chi connectivity index (χ1v) is 12.5. The Morgan fingerprint density at radius 2 is 1.00 bits per heavy atom. The summed E-state index contributed by atoms with van der Waals surface area (Å²) in [5.74, 6) is 0. The molecule has 5 nitrogen and oxygen atoms in total. The molecular weight excluding hydrogens is 430 g/mol. The van der Waals surface area contributed by atoms with Crippen LogP contribution in [0.15, 0.2) is 101 Å². The van der Waals surface area contributed by atoms with Crippen molar-refractivity contribution in [2.45, 2.75) is 23.6 Å². The predicted octanol–water partition coefficient (Wildman–Crippen LogP) is 5.04. The Kier molecular flexibility index (Phi) is 5.33. The molecule has 0 saturated heterocycles. The maximum atomic E-state index is 13.7. The van der Waals surface area contributed by atoms with E-state index in [4.69, 9.17) is 0 Å². The maximum absolute atomic E-state index is 13.7. The van der Waals surface area contributed by atoms with Crippen LogP contribution >= 0.6 is 0 Å². The van der Waals surface area contributed by atoms with Gasteiger partial charge < -0.3 is 0 Å². The van der Waals surface area contributed by atoms with Crippen molar-refractivity contribution in [3.63, 3.8) is 0 Å². The summed E-state index contributed by atoms with van der Waals surface area (Å²) in [6, 6.07) is 24.4. The Morgan fingerprint density at radius 1 is 0.548 bits per heavy atom. The molecule has 0 bridgehead atoms. The monoisotopic (exact) mass is 451 g/mol. The van der Waals surface area contributed by atoms with Gasteiger partial charge in [-0.15, -0.1) is 0 Å². The molecule has 0 aromatic heterocycles. The van der Waals surface area contributed by atoms with E-state index in [1.807, 2.05) is 32.0 Å². The lowest BCUT2D eigenvalue weighted by Gasteiger charge is -2.25. The van der Waals surface area contributed by atoms with Crippen molar-refractivity contribution in [2.24, 2.45) is 0 Å². The minimum Gasteiger partial charge on any atom is -0.200 e. The summed E-state index contributed by atoms with van der Waals surface area (Å²) in [7, 11) is -8.87. The molecule has 31 heavy (non-hydrogen) atoms. The summed E-state index contributed by atoms with van der Waals surface area (Å²) >= 11 is 0. The van der Waals surface area contributed by atoms with Crippen LogP contribution in [0.1, 0.15) is 11.1 Å².